The Labute approximate surface area is 127 Å². The van der Waals surface area contributed by atoms with Crippen LogP contribution < -0.4 is 10.9 Å². The van der Waals surface area contributed by atoms with Crippen LogP contribution in [0.3, 0.4) is 0 Å². The molecule has 0 aliphatic heterocycles. The molecule has 0 bridgehead atoms. The lowest BCUT2D eigenvalue weighted by atomic mass is 10.2. The highest BCUT2D eigenvalue weighted by atomic mass is 35.5. The lowest BCUT2D eigenvalue weighted by molar-refractivity contribution is 0.497. The fourth-order valence-corrected chi connectivity index (χ4v) is 2.48. The van der Waals surface area contributed by atoms with Crippen molar-refractivity contribution in [1.29, 1.82) is 0 Å². The van der Waals surface area contributed by atoms with Gasteiger partial charge in [0.2, 0.25) is 0 Å². The number of anilines is 1. The summed E-state index contributed by atoms with van der Waals surface area (Å²) in [6, 6.07) is 3.81. The molecule has 1 unspecified atom stereocenters. The molecule has 2 aromatic rings. The maximum absolute atomic E-state index is 12.4. The van der Waals surface area contributed by atoms with Gasteiger partial charge in [-0.1, -0.05) is 11.6 Å². The van der Waals surface area contributed by atoms with E-state index in [2.05, 4.69) is 10.4 Å². The first kappa shape index (κ1) is 14.2. The van der Waals surface area contributed by atoms with Crippen molar-refractivity contribution >= 4 is 17.3 Å². The third-order valence-electron chi connectivity index (χ3n) is 3.60. The molecule has 2 heterocycles. The monoisotopic (exact) mass is 307 g/mol. The molecule has 0 saturated heterocycles. The molecule has 0 radical (unpaired) electrons. The largest absolute Gasteiger partial charge is 0.469 e. The molecule has 1 atom stereocenters. The molecule has 112 valence electrons. The summed E-state index contributed by atoms with van der Waals surface area (Å²) in [6.07, 6.45) is 6.22. The molecule has 6 heteroatoms. The number of nitrogens with one attached hydrogen (secondary N) is 1. The van der Waals surface area contributed by atoms with Crippen molar-refractivity contribution in [2.24, 2.45) is 5.92 Å². The van der Waals surface area contributed by atoms with Crippen LogP contribution in [0.25, 0.3) is 0 Å². The van der Waals surface area contributed by atoms with E-state index in [-0.39, 0.29) is 11.6 Å². The lowest BCUT2D eigenvalue weighted by Gasteiger charge is -2.15. The maximum Gasteiger partial charge on any atom is 0.291 e. The highest BCUT2D eigenvalue weighted by molar-refractivity contribution is 6.33. The van der Waals surface area contributed by atoms with Gasteiger partial charge in [0.15, 0.2) is 0 Å². The van der Waals surface area contributed by atoms with Crippen LogP contribution in [0.2, 0.25) is 5.02 Å². The van der Waals surface area contributed by atoms with Gasteiger partial charge in [-0.15, -0.1) is 0 Å². The predicted molar refractivity (Wildman–Crippen MR) is 81.7 cm³/mol. The topological polar surface area (TPSA) is 60.1 Å². The van der Waals surface area contributed by atoms with Crippen LogP contribution in [0.4, 0.5) is 5.69 Å². The number of nitrogens with zero attached hydrogens (tertiary/aromatic N) is 2. The minimum absolute atomic E-state index is 0.0399. The molecule has 1 saturated carbocycles. The average molecular weight is 308 g/mol. The summed E-state index contributed by atoms with van der Waals surface area (Å²) in [6.45, 7) is 2.67. The van der Waals surface area contributed by atoms with Gasteiger partial charge in [0.1, 0.15) is 11.4 Å². The van der Waals surface area contributed by atoms with Gasteiger partial charge in [-0.05, 0) is 37.8 Å². The lowest BCUT2D eigenvalue weighted by Crippen LogP contribution is -2.30. The van der Waals surface area contributed by atoms with Gasteiger partial charge in [-0.2, -0.15) is 5.10 Å². The van der Waals surface area contributed by atoms with Crippen LogP contribution in [0, 0.1) is 5.92 Å². The number of hydrogen-bond acceptors (Lipinski definition) is 4. The third-order valence-corrected chi connectivity index (χ3v) is 3.89. The van der Waals surface area contributed by atoms with Crippen LogP contribution in [-0.4, -0.2) is 15.8 Å². The SMILES string of the molecule is CC(Cc1ccco1)Nc1c(Cl)cnn(CC2CC2)c1=O. The second-order valence-corrected chi connectivity index (χ2v) is 6.03. The number of hydrogen-bond donors (Lipinski definition) is 1. The minimum Gasteiger partial charge on any atom is -0.469 e. The summed E-state index contributed by atoms with van der Waals surface area (Å²) in [5.74, 6) is 1.46. The van der Waals surface area contributed by atoms with Gasteiger partial charge >= 0.3 is 0 Å². The smallest absolute Gasteiger partial charge is 0.291 e. The Hall–Kier alpha value is -1.75. The zero-order valence-electron chi connectivity index (χ0n) is 11.9. The Morgan fingerprint density at radius 1 is 1.57 bits per heavy atom. The van der Waals surface area contributed by atoms with Gasteiger partial charge < -0.3 is 9.73 Å². The Morgan fingerprint density at radius 2 is 2.38 bits per heavy atom. The zero-order chi connectivity index (χ0) is 14.8. The minimum atomic E-state index is -0.152. The van der Waals surface area contributed by atoms with E-state index in [9.17, 15) is 4.79 Å². The van der Waals surface area contributed by atoms with Crippen molar-refractivity contribution in [1.82, 2.24) is 9.78 Å². The van der Waals surface area contributed by atoms with Crippen LogP contribution >= 0.6 is 11.6 Å². The van der Waals surface area contributed by atoms with Crippen molar-refractivity contribution in [2.45, 2.75) is 38.8 Å². The Bertz CT molecular complexity index is 662. The second kappa shape index (κ2) is 5.93. The molecule has 5 nitrogen and oxygen atoms in total. The first-order chi connectivity index (χ1) is 10.1. The first-order valence-corrected chi connectivity index (χ1v) is 7.56. The van der Waals surface area contributed by atoms with E-state index in [1.807, 2.05) is 19.1 Å². The van der Waals surface area contributed by atoms with Crippen molar-refractivity contribution in [3.63, 3.8) is 0 Å². The number of aromatic nitrogens is 2. The zero-order valence-corrected chi connectivity index (χ0v) is 12.6. The highest BCUT2D eigenvalue weighted by Gasteiger charge is 2.23. The molecular weight excluding hydrogens is 290 g/mol. The maximum atomic E-state index is 12.4. The fraction of sp³-hybridized carbons (Fsp3) is 0.467. The van der Waals surface area contributed by atoms with E-state index in [0.29, 0.717) is 29.6 Å². The summed E-state index contributed by atoms with van der Waals surface area (Å²) in [7, 11) is 0. The highest BCUT2D eigenvalue weighted by Crippen LogP contribution is 2.30. The first-order valence-electron chi connectivity index (χ1n) is 7.18. The van der Waals surface area contributed by atoms with E-state index in [1.54, 1.807) is 6.26 Å². The molecule has 1 aliphatic rings. The third kappa shape index (κ3) is 3.47. The second-order valence-electron chi connectivity index (χ2n) is 5.63. The molecule has 1 fully saturated rings. The molecule has 0 aromatic carbocycles. The van der Waals surface area contributed by atoms with Gasteiger partial charge in [-0.25, -0.2) is 4.68 Å². The number of rotatable bonds is 6. The molecule has 3 rings (SSSR count). The molecule has 1 aliphatic carbocycles. The van der Waals surface area contributed by atoms with Crippen molar-refractivity contribution in [3.05, 3.63) is 45.7 Å². The van der Waals surface area contributed by atoms with Gasteiger partial charge in [-0.3, -0.25) is 4.79 Å². The summed E-state index contributed by atoms with van der Waals surface area (Å²) in [4.78, 5) is 12.4. The summed E-state index contributed by atoms with van der Waals surface area (Å²) < 4.78 is 6.82. The molecule has 1 N–H and O–H groups in total. The fourth-order valence-electron chi connectivity index (χ4n) is 2.30. The van der Waals surface area contributed by atoms with Crippen LogP contribution in [0.1, 0.15) is 25.5 Å². The van der Waals surface area contributed by atoms with E-state index in [0.717, 1.165) is 5.76 Å². The molecule has 0 amide bonds. The Kier molecular flexibility index (Phi) is 4.01. The molecule has 21 heavy (non-hydrogen) atoms. The number of halogens is 1. The van der Waals surface area contributed by atoms with Gasteiger partial charge in [0.05, 0.1) is 17.5 Å². The Balaban J connectivity index is 1.75. The van der Waals surface area contributed by atoms with Crippen molar-refractivity contribution in [2.75, 3.05) is 5.32 Å². The van der Waals surface area contributed by atoms with Crippen molar-refractivity contribution < 1.29 is 4.42 Å². The van der Waals surface area contributed by atoms with E-state index in [1.165, 1.54) is 23.7 Å². The summed E-state index contributed by atoms with van der Waals surface area (Å²) in [5.41, 5.74) is 0.270. The molecular formula is C15H18ClN3O2. The average Bonchev–Trinajstić information content (AvgIpc) is 3.13. The quantitative estimate of drug-likeness (QED) is 0.891. The normalized spacial score (nSPS) is 15.9. The van der Waals surface area contributed by atoms with E-state index < -0.39 is 0 Å². The van der Waals surface area contributed by atoms with Crippen LogP contribution in [0.15, 0.2) is 33.8 Å². The number of furan rings is 1. The van der Waals surface area contributed by atoms with E-state index >= 15 is 0 Å². The summed E-state index contributed by atoms with van der Waals surface area (Å²) >= 11 is 6.12. The summed E-state index contributed by atoms with van der Waals surface area (Å²) in [5, 5.41) is 7.66. The van der Waals surface area contributed by atoms with Gasteiger partial charge in [0, 0.05) is 19.0 Å². The van der Waals surface area contributed by atoms with Crippen molar-refractivity contribution in [3.8, 4) is 0 Å². The predicted octanol–water partition coefficient (Wildman–Crippen LogP) is 2.94. The Morgan fingerprint density at radius 3 is 3.05 bits per heavy atom. The van der Waals surface area contributed by atoms with E-state index in [4.69, 9.17) is 16.0 Å². The standard InChI is InChI=1S/C15H18ClN3O2/c1-10(7-12-3-2-6-21-12)18-14-13(16)8-17-19(15(14)20)9-11-4-5-11/h2-3,6,8,10-11,18H,4-5,7,9H2,1H3. The van der Waals surface area contributed by atoms with Crippen LogP contribution in [0.5, 0.6) is 0 Å². The van der Waals surface area contributed by atoms with Crippen LogP contribution in [-0.2, 0) is 13.0 Å². The molecule has 0 spiro atoms. The van der Waals surface area contributed by atoms with Gasteiger partial charge in [0.25, 0.3) is 5.56 Å². The molecule has 2 aromatic heterocycles.